The molecule has 0 unspecified atom stereocenters. The van der Waals surface area contributed by atoms with E-state index >= 15 is 0 Å². The van der Waals surface area contributed by atoms with Crippen molar-refractivity contribution in [3.8, 4) is 22.4 Å². The maximum Gasteiger partial charge on any atom is 0.137 e. The van der Waals surface area contributed by atoms with Crippen molar-refractivity contribution in [1.82, 2.24) is 19.6 Å². The Morgan fingerprint density at radius 3 is 2.47 bits per heavy atom. The van der Waals surface area contributed by atoms with Gasteiger partial charge in [-0.1, -0.05) is 54.6 Å². The number of nitrogens with zero attached hydrogens (tertiary/aromatic N) is 3. The summed E-state index contributed by atoms with van der Waals surface area (Å²) in [6, 6.07) is 23.7. The van der Waals surface area contributed by atoms with Crippen LogP contribution in [0.25, 0.3) is 28.0 Å². The third-order valence-electron chi connectivity index (χ3n) is 5.95. The molecule has 1 N–H and O–H groups in total. The minimum absolute atomic E-state index is 0.918. The Morgan fingerprint density at radius 2 is 1.63 bits per heavy atom. The molecule has 4 nitrogen and oxygen atoms in total. The Kier molecular flexibility index (Phi) is 5.35. The van der Waals surface area contributed by atoms with Crippen LogP contribution in [-0.4, -0.2) is 40.5 Å². The van der Waals surface area contributed by atoms with Crippen LogP contribution in [0.4, 0.5) is 0 Å². The predicted molar refractivity (Wildman–Crippen MR) is 124 cm³/mol. The highest BCUT2D eigenvalue weighted by molar-refractivity contribution is 5.71. The van der Waals surface area contributed by atoms with Gasteiger partial charge in [0.2, 0.25) is 0 Å². The van der Waals surface area contributed by atoms with E-state index in [0.29, 0.717) is 0 Å². The number of imidazole rings is 1. The molecule has 0 atom stereocenters. The van der Waals surface area contributed by atoms with Gasteiger partial charge in [0.25, 0.3) is 0 Å². The quantitative estimate of drug-likeness (QED) is 0.539. The van der Waals surface area contributed by atoms with E-state index < -0.39 is 0 Å². The van der Waals surface area contributed by atoms with Gasteiger partial charge in [0.05, 0.1) is 11.4 Å². The molecule has 1 fully saturated rings. The van der Waals surface area contributed by atoms with E-state index in [0.717, 1.165) is 44.1 Å². The number of pyridine rings is 1. The topological polar surface area (TPSA) is 32.6 Å². The van der Waals surface area contributed by atoms with E-state index in [2.05, 4.69) is 94.5 Å². The second-order valence-corrected chi connectivity index (χ2v) is 8.16. The van der Waals surface area contributed by atoms with Crippen LogP contribution in [0.5, 0.6) is 0 Å². The fourth-order valence-corrected chi connectivity index (χ4v) is 4.30. The lowest BCUT2D eigenvalue weighted by atomic mass is 10.0. The van der Waals surface area contributed by atoms with Crippen molar-refractivity contribution in [2.75, 3.05) is 26.2 Å². The zero-order chi connectivity index (χ0) is 20.3. The van der Waals surface area contributed by atoms with E-state index in [1.54, 1.807) is 0 Å². The molecule has 30 heavy (non-hydrogen) atoms. The summed E-state index contributed by atoms with van der Waals surface area (Å²) in [4.78, 5) is 7.60. The lowest BCUT2D eigenvalue weighted by Crippen LogP contribution is -2.28. The van der Waals surface area contributed by atoms with Crippen molar-refractivity contribution >= 4 is 5.65 Å². The largest absolute Gasteiger partial charge is 0.315 e. The molecule has 4 heteroatoms. The number of aryl methyl sites for hydroxylation is 1. The van der Waals surface area contributed by atoms with Crippen molar-refractivity contribution < 1.29 is 0 Å². The van der Waals surface area contributed by atoms with Crippen molar-refractivity contribution in [2.24, 2.45) is 0 Å². The molecule has 2 aromatic carbocycles. The molecule has 4 aromatic rings. The summed E-state index contributed by atoms with van der Waals surface area (Å²) in [5.41, 5.74) is 8.30. The number of fused-ring (bicyclic) bond motifs is 1. The molecule has 0 bridgehead atoms. The number of hydrogen-bond donors (Lipinski definition) is 1. The highest BCUT2D eigenvalue weighted by Crippen LogP contribution is 2.29. The van der Waals surface area contributed by atoms with Gasteiger partial charge in [-0.2, -0.15) is 0 Å². The Labute approximate surface area is 178 Å². The molecule has 0 amide bonds. The van der Waals surface area contributed by atoms with E-state index in [9.17, 15) is 0 Å². The van der Waals surface area contributed by atoms with Crippen molar-refractivity contribution in [3.05, 3.63) is 84.2 Å². The van der Waals surface area contributed by atoms with Gasteiger partial charge < -0.3 is 9.72 Å². The first-order valence-electron chi connectivity index (χ1n) is 10.8. The molecule has 5 rings (SSSR count). The minimum Gasteiger partial charge on any atom is -0.315 e. The van der Waals surface area contributed by atoms with E-state index in [1.165, 1.54) is 34.4 Å². The summed E-state index contributed by atoms with van der Waals surface area (Å²) < 4.78 is 2.27. The summed E-state index contributed by atoms with van der Waals surface area (Å²) in [5, 5.41) is 3.51. The molecule has 1 aliphatic heterocycles. The van der Waals surface area contributed by atoms with Gasteiger partial charge in [-0.3, -0.25) is 4.90 Å². The van der Waals surface area contributed by atoms with Crippen LogP contribution in [0, 0.1) is 6.92 Å². The molecular weight excluding hydrogens is 368 g/mol. The molecule has 0 saturated carbocycles. The minimum atomic E-state index is 0.918. The first-order chi connectivity index (χ1) is 14.8. The number of benzene rings is 2. The maximum atomic E-state index is 5.06. The lowest BCUT2D eigenvalue weighted by molar-refractivity contribution is 0.281. The average Bonchev–Trinajstić information content (AvgIpc) is 2.94. The third-order valence-corrected chi connectivity index (χ3v) is 5.95. The first-order valence-corrected chi connectivity index (χ1v) is 10.8. The van der Waals surface area contributed by atoms with Gasteiger partial charge in [0.1, 0.15) is 5.65 Å². The fourth-order valence-electron chi connectivity index (χ4n) is 4.30. The molecule has 0 aliphatic carbocycles. The van der Waals surface area contributed by atoms with Crippen LogP contribution in [0.15, 0.2) is 72.9 Å². The standard InChI is InChI=1S/C26H28N4/c1-20-12-16-30-24(19-29-15-5-13-27-14-17-29)26(28-25(30)18-20)23-10-8-22(9-11-23)21-6-3-2-4-7-21/h2-4,6-12,16,18,27H,5,13-15,17,19H2,1H3. The lowest BCUT2D eigenvalue weighted by Gasteiger charge is -2.20. The number of hydrogen-bond acceptors (Lipinski definition) is 3. The summed E-state index contributed by atoms with van der Waals surface area (Å²) >= 11 is 0. The van der Waals surface area contributed by atoms with E-state index in [1.807, 2.05) is 0 Å². The smallest absolute Gasteiger partial charge is 0.137 e. The van der Waals surface area contributed by atoms with Crippen molar-refractivity contribution in [2.45, 2.75) is 19.9 Å². The summed E-state index contributed by atoms with van der Waals surface area (Å²) in [7, 11) is 0. The molecule has 2 aromatic heterocycles. The maximum absolute atomic E-state index is 5.06. The van der Waals surface area contributed by atoms with Gasteiger partial charge in [-0.25, -0.2) is 4.98 Å². The van der Waals surface area contributed by atoms with E-state index in [-0.39, 0.29) is 0 Å². The zero-order valence-electron chi connectivity index (χ0n) is 17.5. The van der Waals surface area contributed by atoms with Gasteiger partial charge in [0.15, 0.2) is 0 Å². The average molecular weight is 397 g/mol. The molecule has 0 radical (unpaired) electrons. The Balaban J connectivity index is 1.54. The number of aromatic nitrogens is 2. The van der Waals surface area contributed by atoms with Crippen molar-refractivity contribution in [1.29, 1.82) is 0 Å². The van der Waals surface area contributed by atoms with Crippen LogP contribution in [0.3, 0.4) is 0 Å². The van der Waals surface area contributed by atoms with Gasteiger partial charge in [0, 0.05) is 31.4 Å². The molecule has 1 saturated heterocycles. The molecular formula is C26H28N4. The normalized spacial score (nSPS) is 15.4. The number of nitrogens with one attached hydrogen (secondary N) is 1. The molecule has 0 spiro atoms. The van der Waals surface area contributed by atoms with Crippen LogP contribution in [0.1, 0.15) is 17.7 Å². The molecule has 1 aliphatic rings. The second-order valence-electron chi connectivity index (χ2n) is 8.16. The van der Waals surface area contributed by atoms with Crippen LogP contribution in [0.2, 0.25) is 0 Å². The van der Waals surface area contributed by atoms with Crippen LogP contribution in [-0.2, 0) is 6.54 Å². The van der Waals surface area contributed by atoms with Crippen LogP contribution < -0.4 is 5.32 Å². The summed E-state index contributed by atoms with van der Waals surface area (Å²) in [6.45, 7) is 7.41. The fraction of sp³-hybridized carbons (Fsp3) is 0.269. The van der Waals surface area contributed by atoms with Gasteiger partial charge >= 0.3 is 0 Å². The first kappa shape index (κ1) is 19.0. The Bertz CT molecular complexity index is 1120. The van der Waals surface area contributed by atoms with Crippen molar-refractivity contribution in [3.63, 3.8) is 0 Å². The zero-order valence-corrected chi connectivity index (χ0v) is 17.5. The summed E-state index contributed by atoms with van der Waals surface area (Å²) in [6.07, 6.45) is 3.36. The Hall–Kier alpha value is -2.95. The number of rotatable bonds is 4. The SMILES string of the molecule is Cc1ccn2c(CN3CCCNCC3)c(-c3ccc(-c4ccccc4)cc3)nc2c1. The third kappa shape index (κ3) is 3.89. The highest BCUT2D eigenvalue weighted by atomic mass is 15.2. The molecule has 152 valence electrons. The monoisotopic (exact) mass is 396 g/mol. The Morgan fingerprint density at radius 1 is 0.867 bits per heavy atom. The molecule has 3 heterocycles. The van der Waals surface area contributed by atoms with E-state index in [4.69, 9.17) is 4.98 Å². The predicted octanol–water partition coefficient (Wildman–Crippen LogP) is 4.77. The van der Waals surface area contributed by atoms with Crippen LogP contribution >= 0.6 is 0 Å². The van der Waals surface area contributed by atoms with Gasteiger partial charge in [-0.05, 0) is 55.3 Å². The second kappa shape index (κ2) is 8.42. The summed E-state index contributed by atoms with van der Waals surface area (Å²) in [5.74, 6) is 0. The van der Waals surface area contributed by atoms with Gasteiger partial charge in [-0.15, -0.1) is 0 Å². The highest BCUT2D eigenvalue weighted by Gasteiger charge is 2.18.